The summed E-state index contributed by atoms with van der Waals surface area (Å²) in [7, 11) is 0. The Morgan fingerprint density at radius 2 is 2.41 bits per heavy atom. The first kappa shape index (κ1) is 10.4. The number of aryl methyl sites for hydroxylation is 1. The van der Waals surface area contributed by atoms with Gasteiger partial charge in [0.05, 0.1) is 6.04 Å². The van der Waals surface area contributed by atoms with Gasteiger partial charge in [-0.3, -0.25) is 4.98 Å². The predicted octanol–water partition coefficient (Wildman–Crippen LogP) is 1.86. The summed E-state index contributed by atoms with van der Waals surface area (Å²) >= 11 is 0. The molecule has 1 atom stereocenters. The molecule has 3 heterocycles. The molecule has 2 aromatic heterocycles. The van der Waals surface area contributed by atoms with Crippen LogP contribution in [0.3, 0.4) is 0 Å². The van der Waals surface area contributed by atoms with E-state index >= 15 is 0 Å². The van der Waals surface area contributed by atoms with Crippen molar-refractivity contribution in [2.45, 2.75) is 25.8 Å². The predicted molar refractivity (Wildman–Crippen MR) is 62.2 cm³/mol. The summed E-state index contributed by atoms with van der Waals surface area (Å²) in [6.07, 6.45) is 3.97. The minimum absolute atomic E-state index is 0.209. The smallest absolute Gasteiger partial charge is 0.244 e. The molecule has 88 valence electrons. The highest BCUT2D eigenvalue weighted by atomic mass is 16.5. The van der Waals surface area contributed by atoms with E-state index in [1.165, 1.54) is 0 Å². The maximum absolute atomic E-state index is 5.28. The number of hydrogen-bond acceptors (Lipinski definition) is 5. The molecule has 1 aliphatic rings. The molecule has 0 spiro atoms. The minimum Gasteiger partial charge on any atom is -0.337 e. The van der Waals surface area contributed by atoms with Gasteiger partial charge in [-0.25, -0.2) is 0 Å². The molecule has 3 rings (SSSR count). The van der Waals surface area contributed by atoms with Gasteiger partial charge in [0.15, 0.2) is 0 Å². The van der Waals surface area contributed by atoms with Gasteiger partial charge in [0.2, 0.25) is 11.7 Å². The van der Waals surface area contributed by atoms with Crippen LogP contribution in [0.2, 0.25) is 0 Å². The lowest BCUT2D eigenvalue weighted by molar-refractivity contribution is 0.345. The molecule has 1 fully saturated rings. The maximum Gasteiger partial charge on any atom is 0.244 e. The van der Waals surface area contributed by atoms with Crippen LogP contribution in [0.1, 0.15) is 30.3 Å². The molecule has 0 aliphatic carbocycles. The molecule has 0 radical (unpaired) electrons. The van der Waals surface area contributed by atoms with Crippen LogP contribution in [0, 0.1) is 6.92 Å². The molecule has 1 saturated heterocycles. The van der Waals surface area contributed by atoms with Crippen molar-refractivity contribution in [1.29, 1.82) is 0 Å². The Morgan fingerprint density at radius 3 is 3.18 bits per heavy atom. The second-order valence-electron chi connectivity index (χ2n) is 4.32. The second-order valence-corrected chi connectivity index (χ2v) is 4.32. The number of nitrogens with zero attached hydrogens (tertiary/aromatic N) is 3. The van der Waals surface area contributed by atoms with Crippen molar-refractivity contribution in [1.82, 2.24) is 20.4 Å². The van der Waals surface area contributed by atoms with Gasteiger partial charge in [0.1, 0.15) is 5.69 Å². The van der Waals surface area contributed by atoms with Crippen LogP contribution in [0.25, 0.3) is 11.5 Å². The van der Waals surface area contributed by atoms with E-state index in [1.807, 2.05) is 19.1 Å². The van der Waals surface area contributed by atoms with Crippen molar-refractivity contribution in [3.63, 3.8) is 0 Å². The molecule has 0 bridgehead atoms. The number of aromatic nitrogens is 3. The van der Waals surface area contributed by atoms with E-state index in [-0.39, 0.29) is 6.04 Å². The second kappa shape index (κ2) is 4.25. The van der Waals surface area contributed by atoms with E-state index in [4.69, 9.17) is 4.52 Å². The third kappa shape index (κ3) is 2.06. The largest absolute Gasteiger partial charge is 0.337 e. The van der Waals surface area contributed by atoms with Crippen LogP contribution in [0.5, 0.6) is 0 Å². The lowest BCUT2D eigenvalue weighted by atomic mass is 10.2. The normalized spacial score (nSPS) is 19.7. The summed E-state index contributed by atoms with van der Waals surface area (Å²) in [5, 5.41) is 7.32. The van der Waals surface area contributed by atoms with Crippen LogP contribution in [0.15, 0.2) is 22.9 Å². The number of pyridine rings is 1. The molecule has 1 N–H and O–H groups in total. The standard InChI is InChI=1S/C12H14N4O/c1-8-4-6-14-10(7-8)11-15-12(17-16-11)9-3-2-5-13-9/h4,6-7,9,13H,2-3,5H2,1H3/t9-/m0/s1. The van der Waals surface area contributed by atoms with Gasteiger partial charge >= 0.3 is 0 Å². The van der Waals surface area contributed by atoms with Crippen molar-refractivity contribution < 1.29 is 4.52 Å². The Balaban J connectivity index is 1.89. The summed E-state index contributed by atoms with van der Waals surface area (Å²) in [4.78, 5) is 8.65. The topological polar surface area (TPSA) is 63.8 Å². The summed E-state index contributed by atoms with van der Waals surface area (Å²) in [6.45, 7) is 3.04. The molecule has 0 aromatic carbocycles. The third-order valence-corrected chi connectivity index (χ3v) is 2.94. The van der Waals surface area contributed by atoms with Crippen LogP contribution in [0.4, 0.5) is 0 Å². The van der Waals surface area contributed by atoms with Gasteiger partial charge in [-0.15, -0.1) is 0 Å². The van der Waals surface area contributed by atoms with Crippen molar-refractivity contribution in [3.8, 4) is 11.5 Å². The van der Waals surface area contributed by atoms with Gasteiger partial charge in [0.25, 0.3) is 0 Å². The summed E-state index contributed by atoms with van der Waals surface area (Å²) < 4.78 is 5.28. The Morgan fingerprint density at radius 1 is 1.47 bits per heavy atom. The van der Waals surface area contributed by atoms with E-state index in [2.05, 4.69) is 20.4 Å². The molecule has 2 aromatic rings. The monoisotopic (exact) mass is 230 g/mol. The Bertz CT molecular complexity index is 517. The fourth-order valence-electron chi connectivity index (χ4n) is 2.03. The summed E-state index contributed by atoms with van der Waals surface area (Å²) in [5.41, 5.74) is 1.90. The molecule has 17 heavy (non-hydrogen) atoms. The molecule has 5 nitrogen and oxygen atoms in total. The van der Waals surface area contributed by atoms with E-state index in [1.54, 1.807) is 6.20 Å². The Labute approximate surface area is 99.3 Å². The van der Waals surface area contributed by atoms with Crippen LogP contribution >= 0.6 is 0 Å². The SMILES string of the molecule is Cc1ccnc(-c2noc([C@@H]3CCCN3)n2)c1. The first-order valence-electron chi connectivity index (χ1n) is 5.83. The van der Waals surface area contributed by atoms with E-state index in [9.17, 15) is 0 Å². The molecule has 0 saturated carbocycles. The Hall–Kier alpha value is -1.75. The molecular weight excluding hydrogens is 216 g/mol. The maximum atomic E-state index is 5.28. The third-order valence-electron chi connectivity index (χ3n) is 2.94. The van der Waals surface area contributed by atoms with E-state index in [0.717, 1.165) is 30.6 Å². The quantitative estimate of drug-likeness (QED) is 0.853. The average Bonchev–Trinajstić information content (AvgIpc) is 3.00. The fraction of sp³-hybridized carbons (Fsp3) is 0.417. The minimum atomic E-state index is 0.209. The van der Waals surface area contributed by atoms with Gasteiger partial charge in [-0.2, -0.15) is 4.98 Å². The zero-order chi connectivity index (χ0) is 11.7. The molecular formula is C12H14N4O. The van der Waals surface area contributed by atoms with Crippen LogP contribution < -0.4 is 5.32 Å². The van der Waals surface area contributed by atoms with Gasteiger partial charge < -0.3 is 9.84 Å². The van der Waals surface area contributed by atoms with Crippen molar-refractivity contribution >= 4 is 0 Å². The first-order valence-corrected chi connectivity index (χ1v) is 5.83. The first-order chi connectivity index (χ1) is 8.33. The number of hydrogen-bond donors (Lipinski definition) is 1. The van der Waals surface area contributed by atoms with Crippen molar-refractivity contribution in [2.75, 3.05) is 6.54 Å². The average molecular weight is 230 g/mol. The van der Waals surface area contributed by atoms with Gasteiger partial charge in [0, 0.05) is 6.20 Å². The fourth-order valence-corrected chi connectivity index (χ4v) is 2.03. The highest BCUT2D eigenvalue weighted by Gasteiger charge is 2.22. The van der Waals surface area contributed by atoms with Crippen molar-refractivity contribution in [2.24, 2.45) is 0 Å². The zero-order valence-corrected chi connectivity index (χ0v) is 9.68. The number of rotatable bonds is 2. The van der Waals surface area contributed by atoms with Gasteiger partial charge in [-0.05, 0) is 44.0 Å². The highest BCUT2D eigenvalue weighted by molar-refractivity contribution is 5.48. The molecule has 5 heteroatoms. The molecule has 0 unspecified atom stereocenters. The Kier molecular flexibility index (Phi) is 2.60. The summed E-state index contributed by atoms with van der Waals surface area (Å²) in [5.74, 6) is 1.23. The summed E-state index contributed by atoms with van der Waals surface area (Å²) in [6, 6.07) is 4.11. The zero-order valence-electron chi connectivity index (χ0n) is 9.68. The molecule has 1 aliphatic heterocycles. The highest BCUT2D eigenvalue weighted by Crippen LogP contribution is 2.23. The number of nitrogens with one attached hydrogen (secondary N) is 1. The lowest BCUT2D eigenvalue weighted by Gasteiger charge is -2.01. The van der Waals surface area contributed by atoms with Crippen molar-refractivity contribution in [3.05, 3.63) is 29.8 Å². The van der Waals surface area contributed by atoms with Crippen LogP contribution in [-0.4, -0.2) is 21.7 Å². The van der Waals surface area contributed by atoms with Crippen LogP contribution in [-0.2, 0) is 0 Å². The van der Waals surface area contributed by atoms with E-state index in [0.29, 0.717) is 11.7 Å². The molecule has 0 amide bonds. The van der Waals surface area contributed by atoms with Gasteiger partial charge in [-0.1, -0.05) is 5.16 Å². The lowest BCUT2D eigenvalue weighted by Crippen LogP contribution is -2.12. The van der Waals surface area contributed by atoms with E-state index < -0.39 is 0 Å².